The minimum absolute atomic E-state index is 0. The Labute approximate surface area is 272 Å². The molecule has 6 aromatic rings. The largest absolute Gasteiger partial charge is 1.00 e. The molecular formula is C37H33N2ORu. The van der Waals surface area contributed by atoms with Crippen molar-refractivity contribution >= 4 is 54.7 Å². The van der Waals surface area contributed by atoms with Crippen LogP contribution in [0.25, 0.3) is 43.4 Å². The number of aryl methyl sites for hydroxylation is 2. The summed E-state index contributed by atoms with van der Waals surface area (Å²) >= 11 is 0. The first-order valence-corrected chi connectivity index (χ1v) is 12.9. The van der Waals surface area contributed by atoms with Crippen molar-refractivity contribution in [1.82, 2.24) is 4.57 Å². The molecule has 0 spiro atoms. The summed E-state index contributed by atoms with van der Waals surface area (Å²) in [5.41, 5.74) is 2.73. The number of hydrogen-bond acceptors (Lipinski definition) is 2. The van der Waals surface area contributed by atoms with Crippen molar-refractivity contribution < 1.29 is 42.0 Å². The fraction of sp³-hybridized carbons (Fsp3) is 0.189. The summed E-state index contributed by atoms with van der Waals surface area (Å²) < 4.78 is 126. The summed E-state index contributed by atoms with van der Waals surface area (Å²) in [5, 5.41) is -1.31. The topological polar surface area (TPSA) is 17.4 Å². The summed E-state index contributed by atoms with van der Waals surface area (Å²) in [7, 11) is 1.50. The van der Waals surface area contributed by atoms with Crippen LogP contribution in [0.1, 0.15) is 53.2 Å². The Morgan fingerprint density at radius 2 is 1.32 bits per heavy atom. The van der Waals surface area contributed by atoms with Crippen LogP contribution in [0.2, 0.25) is 0 Å². The number of fused-ring (bicyclic) bond motifs is 7. The third kappa shape index (κ3) is 4.03. The fourth-order valence-electron chi connectivity index (χ4n) is 5.94. The van der Waals surface area contributed by atoms with E-state index < -0.39 is 66.6 Å². The van der Waals surface area contributed by atoms with Gasteiger partial charge in [0.1, 0.15) is 6.17 Å². The molecule has 4 heteroatoms. The van der Waals surface area contributed by atoms with Gasteiger partial charge in [0.15, 0.2) is 0 Å². The summed E-state index contributed by atoms with van der Waals surface area (Å²) in [6, 6.07) is -1.85. The van der Waals surface area contributed by atoms with Crippen LogP contribution in [0.5, 0.6) is 5.75 Å². The summed E-state index contributed by atoms with van der Waals surface area (Å²) in [5.74, 6) is 0.418. The molecule has 1 aliphatic rings. The van der Waals surface area contributed by atoms with Gasteiger partial charge < -0.3 is 14.2 Å². The smallest absolute Gasteiger partial charge is 0.522 e. The molecule has 1 atom stereocenters. The molecule has 0 unspecified atom stereocenters. The van der Waals surface area contributed by atoms with Gasteiger partial charge in [0.2, 0.25) is 0 Å². The van der Waals surface area contributed by atoms with Crippen molar-refractivity contribution in [1.29, 1.82) is 0 Å². The first-order chi connectivity index (χ1) is 24.8. The molecule has 0 fully saturated rings. The first-order valence-electron chi connectivity index (χ1n) is 19.4. The molecule has 1 radical (unpaired) electrons. The predicted octanol–water partition coefficient (Wildman–Crippen LogP) is 9.94. The normalized spacial score (nSPS) is 18.5. The van der Waals surface area contributed by atoms with E-state index in [4.69, 9.17) is 13.0 Å². The summed E-state index contributed by atoms with van der Waals surface area (Å²) in [4.78, 5) is 1.77. The van der Waals surface area contributed by atoms with E-state index >= 15 is 0 Å². The van der Waals surface area contributed by atoms with Crippen LogP contribution in [0, 0.1) is 33.8 Å². The Bertz CT molecular complexity index is 2780. The van der Waals surface area contributed by atoms with Crippen molar-refractivity contribution in [2.45, 2.75) is 40.8 Å². The third-order valence-electron chi connectivity index (χ3n) is 7.56. The molecular weight excluding hydrogens is 589 g/mol. The molecule has 0 N–H and O–H groups in total. The van der Waals surface area contributed by atoms with E-state index in [9.17, 15) is 9.60 Å². The van der Waals surface area contributed by atoms with Gasteiger partial charge in [0.25, 0.3) is 0 Å². The number of benzene rings is 5. The number of anilines is 2. The Hall–Kier alpha value is -3.88. The maximum absolute atomic E-state index is 9.52. The quantitative estimate of drug-likeness (QED) is 0.139. The molecule has 0 bridgehead atoms. The number of hydrogen-bond donors (Lipinski definition) is 0. The zero-order valence-electron chi connectivity index (χ0n) is 36.3. The molecule has 0 amide bonds. The second-order valence-electron chi connectivity index (χ2n) is 10.0. The van der Waals surface area contributed by atoms with Gasteiger partial charge in [0, 0.05) is 16.5 Å². The molecule has 41 heavy (non-hydrogen) atoms. The van der Waals surface area contributed by atoms with E-state index in [0.29, 0.717) is 28.1 Å². The zero-order chi connectivity index (χ0) is 39.0. The average molecular weight is 636 g/mol. The van der Waals surface area contributed by atoms with Crippen LogP contribution in [0.4, 0.5) is 11.4 Å². The van der Waals surface area contributed by atoms with Gasteiger partial charge in [-0.1, -0.05) is 97.1 Å². The Morgan fingerprint density at radius 1 is 0.732 bits per heavy atom. The minimum Gasteiger partial charge on any atom is -0.522 e. The van der Waals surface area contributed by atoms with Crippen LogP contribution >= 0.6 is 0 Å². The molecule has 1 aromatic heterocycles. The number of nitrogens with zero attached hydrogens (tertiary/aromatic N) is 2. The van der Waals surface area contributed by atoms with Crippen LogP contribution in [-0.4, -0.2) is 11.7 Å². The van der Waals surface area contributed by atoms with Crippen LogP contribution in [0.15, 0.2) is 84.6 Å². The van der Waals surface area contributed by atoms with Crippen LogP contribution in [0.3, 0.4) is 0 Å². The molecule has 0 saturated carbocycles. The average Bonchev–Trinajstić information content (AvgIpc) is 3.44. The van der Waals surface area contributed by atoms with Gasteiger partial charge in [-0.05, 0) is 60.0 Å². The van der Waals surface area contributed by atoms with Crippen molar-refractivity contribution in [2.75, 3.05) is 12.0 Å². The van der Waals surface area contributed by atoms with Crippen LogP contribution < -0.4 is 9.64 Å². The van der Waals surface area contributed by atoms with Crippen molar-refractivity contribution in [2.24, 2.45) is 0 Å². The number of aromatic nitrogens is 1. The second kappa shape index (κ2) is 10.2. The van der Waals surface area contributed by atoms with E-state index in [1.807, 2.05) is 13.0 Å². The van der Waals surface area contributed by atoms with Gasteiger partial charge in [0.05, 0.1) is 41.7 Å². The number of ether oxygens (including phenoxy) is 1. The predicted molar refractivity (Wildman–Crippen MR) is 170 cm³/mol. The number of para-hydroxylation sites is 1. The summed E-state index contributed by atoms with van der Waals surface area (Å²) in [6.07, 6.45) is -0.866. The molecule has 7 rings (SSSR count). The van der Waals surface area contributed by atoms with Crippen molar-refractivity contribution in [3.8, 4) is 5.75 Å². The second-order valence-corrected chi connectivity index (χ2v) is 10.0. The van der Waals surface area contributed by atoms with Crippen molar-refractivity contribution in [3.05, 3.63) is 113 Å². The Balaban J connectivity index is 0.00000497. The molecule has 0 saturated heterocycles. The molecule has 0 aliphatic carbocycles. The van der Waals surface area contributed by atoms with Crippen LogP contribution in [-0.2, 0) is 19.5 Å². The van der Waals surface area contributed by atoms with E-state index in [-0.39, 0.29) is 92.2 Å². The standard InChI is InChI=1S/C37H33N2O.Ru/c1-22-18-24(3)36-32(19-22)30-15-10-8-13-28(30)27-12-7-9-14-29(27)31-16-11-17-33-37(31)39(36)26(5)38(33)34-20-23(2)21-35(40-6)25(34)4;/h7-20,26H,1-6H3;/q-1;+1/t26-;/m1./s1/i7D,8D,9D,10D,11D,12D,13D,14D,15D,16D,17D,18D,19D;. The number of methoxy groups -OCH3 is 1. The molecule has 2 heterocycles. The van der Waals surface area contributed by atoms with E-state index in [0.717, 1.165) is 0 Å². The van der Waals surface area contributed by atoms with Crippen molar-refractivity contribution in [3.63, 3.8) is 0 Å². The van der Waals surface area contributed by atoms with E-state index in [1.165, 1.54) is 7.11 Å². The monoisotopic (exact) mass is 636 g/mol. The molecule has 3 nitrogen and oxygen atoms in total. The molecule has 205 valence electrons. The SMILES string of the molecule is [2H]c1c([2H])c([2H])c2c(c1[2H])c1c([2H])c([2H])c([2H])c([2H])c1c1c([2H])c([2H])c([2H])c3c1n(c1c(C)c([2H])c(C)c([2H])c21)[C@H](C)N3c1cc(C)[c-]c(OC)c1C.[Ru+]. The Kier molecular flexibility index (Phi) is 3.96. The van der Waals surface area contributed by atoms with Gasteiger partial charge in [-0.3, -0.25) is 0 Å². The third-order valence-corrected chi connectivity index (χ3v) is 7.56. The zero-order valence-corrected chi connectivity index (χ0v) is 25.0. The molecule has 5 aromatic carbocycles. The van der Waals surface area contributed by atoms with E-state index in [2.05, 4.69) is 6.07 Å². The number of rotatable bonds is 2. The first kappa shape index (κ1) is 15.9. The van der Waals surface area contributed by atoms with Gasteiger partial charge >= 0.3 is 19.5 Å². The minimum atomic E-state index is -0.866. The van der Waals surface area contributed by atoms with Gasteiger partial charge in [-0.25, -0.2) is 0 Å². The fourth-order valence-corrected chi connectivity index (χ4v) is 5.94. The van der Waals surface area contributed by atoms with E-state index in [1.54, 1.807) is 37.2 Å². The van der Waals surface area contributed by atoms with Gasteiger partial charge in [-0.15, -0.1) is 12.1 Å². The maximum atomic E-state index is 9.52. The maximum Gasteiger partial charge on any atom is 1.00 e. The summed E-state index contributed by atoms with van der Waals surface area (Å²) in [6.45, 7) is 8.61. The molecule has 1 aliphatic heterocycles. The Morgan fingerprint density at radius 3 is 1.95 bits per heavy atom. The van der Waals surface area contributed by atoms with Gasteiger partial charge in [-0.2, -0.15) is 5.56 Å².